The predicted octanol–water partition coefficient (Wildman–Crippen LogP) is 2.23. The normalized spacial score (nSPS) is 25.2. The first-order valence-corrected chi connectivity index (χ1v) is 15.8. The van der Waals surface area contributed by atoms with Crippen molar-refractivity contribution >= 4 is 35.9 Å². The molecule has 1 unspecified atom stereocenters. The molecule has 0 spiro atoms. The Morgan fingerprint density at radius 2 is 1.80 bits per heavy atom. The maximum absolute atomic E-state index is 11.7. The fourth-order valence-electron chi connectivity index (χ4n) is 6.65. The Morgan fingerprint density at radius 1 is 1.00 bits per heavy atom. The van der Waals surface area contributed by atoms with Crippen LogP contribution in [0.4, 0.5) is 11.8 Å². The average Bonchev–Trinajstić information content (AvgIpc) is 3.91. The summed E-state index contributed by atoms with van der Waals surface area (Å²) < 4.78 is 18.9. The zero-order valence-electron chi connectivity index (χ0n) is 25.5. The van der Waals surface area contributed by atoms with Gasteiger partial charge in [0.1, 0.15) is 0 Å². The second-order valence-electron chi connectivity index (χ2n) is 11.9. The third-order valence-electron chi connectivity index (χ3n) is 8.87. The first-order valence-electron chi connectivity index (χ1n) is 15.8. The fourth-order valence-corrected chi connectivity index (χ4v) is 6.65. The Hall–Kier alpha value is -4.70. The number of fused-ring (bicyclic) bond motifs is 1. The standard InChI is InChI=1S/C30H37N11O5/c1-2-41-37-27(36-38-41)24-23(44-17-42)25(45-18-43)29(46-24)40-16-31-22-26(32-20-10-6-7-11-20)34-30(35-28(22)40)33-21-12-13-39(15-21)14-19-8-4-3-5-9-19/h3-5,8-9,16-18,20-21,23-25,29H,2,6-7,10-15H2,1H3,(H2,32,33,34,35)/t21?,23-,24-,25+,29+/m0/s1. The van der Waals surface area contributed by atoms with Gasteiger partial charge >= 0.3 is 0 Å². The minimum atomic E-state index is -1.04. The lowest BCUT2D eigenvalue weighted by atomic mass is 10.1. The number of likely N-dealkylation sites (tertiary alicyclic amines) is 1. The molecule has 3 aromatic heterocycles. The SMILES string of the molecule is CCn1nnc([C@H]2O[C@@H](n3cnc4c(NC5CCCC5)nc(NC5CCN(Cc6ccccc6)C5)nc43)[C@H](OC=O)[C@H]2OC=O)n1. The molecule has 2 aliphatic heterocycles. The van der Waals surface area contributed by atoms with E-state index < -0.39 is 24.5 Å². The molecule has 3 fully saturated rings. The Morgan fingerprint density at radius 3 is 2.57 bits per heavy atom. The molecule has 4 aromatic rings. The molecule has 5 heterocycles. The van der Waals surface area contributed by atoms with Crippen LogP contribution in [0.2, 0.25) is 0 Å². The number of carbonyl (C=O) groups is 2. The lowest BCUT2D eigenvalue weighted by Gasteiger charge is -2.21. The number of carbonyl (C=O) groups excluding carboxylic acids is 2. The van der Waals surface area contributed by atoms with E-state index in [2.05, 4.69) is 60.2 Å². The quantitative estimate of drug-likeness (QED) is 0.205. The maximum Gasteiger partial charge on any atom is 0.293 e. The average molecular weight is 632 g/mol. The highest BCUT2D eigenvalue weighted by Crippen LogP contribution is 2.42. The summed E-state index contributed by atoms with van der Waals surface area (Å²) in [6.45, 7) is 5.62. The van der Waals surface area contributed by atoms with Crippen LogP contribution >= 0.6 is 0 Å². The Labute approximate surface area is 264 Å². The van der Waals surface area contributed by atoms with Crippen molar-refractivity contribution in [2.45, 2.75) is 88.7 Å². The van der Waals surface area contributed by atoms with Crippen LogP contribution in [0.3, 0.4) is 0 Å². The van der Waals surface area contributed by atoms with Crippen molar-refractivity contribution < 1.29 is 23.8 Å². The minimum Gasteiger partial charge on any atom is -0.457 e. The van der Waals surface area contributed by atoms with Gasteiger partial charge in [-0.1, -0.05) is 43.2 Å². The van der Waals surface area contributed by atoms with Crippen molar-refractivity contribution in [2.24, 2.45) is 0 Å². The van der Waals surface area contributed by atoms with E-state index >= 15 is 0 Å². The van der Waals surface area contributed by atoms with Gasteiger partial charge in [0.25, 0.3) is 12.9 Å². The summed E-state index contributed by atoms with van der Waals surface area (Å²) in [5, 5.41) is 19.6. The first kappa shape index (κ1) is 30.0. The van der Waals surface area contributed by atoms with Crippen LogP contribution in [0.15, 0.2) is 36.7 Å². The molecule has 2 saturated heterocycles. The molecule has 5 atom stereocenters. The van der Waals surface area contributed by atoms with Crippen molar-refractivity contribution in [3.05, 3.63) is 48.0 Å². The number of hydrogen-bond acceptors (Lipinski definition) is 14. The molecule has 16 heteroatoms. The highest BCUT2D eigenvalue weighted by molar-refractivity contribution is 5.84. The van der Waals surface area contributed by atoms with E-state index in [1.807, 2.05) is 13.0 Å². The van der Waals surface area contributed by atoms with Gasteiger partial charge in [0.15, 0.2) is 41.5 Å². The molecule has 7 rings (SSSR count). The van der Waals surface area contributed by atoms with Crippen LogP contribution in [-0.4, -0.2) is 95.0 Å². The fraction of sp³-hybridized carbons (Fsp3) is 0.533. The van der Waals surface area contributed by atoms with Crippen LogP contribution in [0, 0.1) is 0 Å². The van der Waals surface area contributed by atoms with Crippen molar-refractivity contribution in [3.8, 4) is 0 Å². The summed E-state index contributed by atoms with van der Waals surface area (Å²) in [6, 6.07) is 10.9. The summed E-state index contributed by atoms with van der Waals surface area (Å²) in [7, 11) is 0. The number of nitrogens with one attached hydrogen (secondary N) is 2. The zero-order chi connectivity index (χ0) is 31.5. The number of benzene rings is 1. The van der Waals surface area contributed by atoms with E-state index in [1.54, 1.807) is 10.9 Å². The number of imidazole rings is 1. The van der Waals surface area contributed by atoms with Gasteiger partial charge in [-0.15, -0.1) is 10.2 Å². The van der Waals surface area contributed by atoms with E-state index in [9.17, 15) is 9.59 Å². The van der Waals surface area contributed by atoms with Gasteiger partial charge < -0.3 is 24.8 Å². The number of aryl methyl sites for hydroxylation is 1. The van der Waals surface area contributed by atoms with Crippen molar-refractivity contribution in [1.29, 1.82) is 0 Å². The molecule has 46 heavy (non-hydrogen) atoms. The van der Waals surface area contributed by atoms with Gasteiger partial charge in [-0.25, -0.2) is 4.98 Å². The van der Waals surface area contributed by atoms with Crippen molar-refractivity contribution in [2.75, 3.05) is 23.7 Å². The lowest BCUT2D eigenvalue weighted by molar-refractivity contribution is -0.151. The Balaban J connectivity index is 1.20. The smallest absolute Gasteiger partial charge is 0.293 e. The molecule has 16 nitrogen and oxygen atoms in total. The Bertz CT molecular complexity index is 1640. The van der Waals surface area contributed by atoms with Crippen LogP contribution < -0.4 is 10.6 Å². The number of hydrogen-bond donors (Lipinski definition) is 2. The molecular weight excluding hydrogens is 594 g/mol. The molecule has 0 bridgehead atoms. The summed E-state index contributed by atoms with van der Waals surface area (Å²) in [5.74, 6) is 1.27. The first-order chi connectivity index (χ1) is 22.6. The molecule has 0 amide bonds. The summed E-state index contributed by atoms with van der Waals surface area (Å²) >= 11 is 0. The summed E-state index contributed by atoms with van der Waals surface area (Å²) in [4.78, 5) is 41.5. The number of aromatic nitrogens is 8. The topological polar surface area (TPSA) is 176 Å². The van der Waals surface area contributed by atoms with Gasteiger partial charge in [0.2, 0.25) is 11.8 Å². The largest absolute Gasteiger partial charge is 0.457 e. The molecule has 1 aliphatic carbocycles. The lowest BCUT2D eigenvalue weighted by Crippen LogP contribution is -2.34. The Kier molecular flexibility index (Phi) is 8.70. The van der Waals surface area contributed by atoms with Gasteiger partial charge in [0, 0.05) is 31.7 Å². The maximum atomic E-state index is 11.7. The highest BCUT2D eigenvalue weighted by atomic mass is 16.6. The van der Waals surface area contributed by atoms with Crippen molar-refractivity contribution in [1.82, 2.24) is 44.6 Å². The van der Waals surface area contributed by atoms with Crippen LogP contribution in [0.25, 0.3) is 11.2 Å². The predicted molar refractivity (Wildman–Crippen MR) is 163 cm³/mol. The van der Waals surface area contributed by atoms with E-state index in [0.29, 0.717) is 35.9 Å². The van der Waals surface area contributed by atoms with Gasteiger partial charge in [-0.3, -0.25) is 19.1 Å². The number of nitrogens with zero attached hydrogens (tertiary/aromatic N) is 9. The van der Waals surface area contributed by atoms with E-state index in [4.69, 9.17) is 24.2 Å². The molecule has 1 aromatic carbocycles. The van der Waals surface area contributed by atoms with E-state index in [0.717, 1.165) is 51.7 Å². The zero-order valence-corrected chi connectivity index (χ0v) is 25.5. The highest BCUT2D eigenvalue weighted by Gasteiger charge is 2.52. The number of tetrazole rings is 1. The minimum absolute atomic E-state index is 0.146. The molecular formula is C30H37N11O5. The van der Waals surface area contributed by atoms with Crippen LogP contribution in [0.5, 0.6) is 0 Å². The number of anilines is 2. The third-order valence-corrected chi connectivity index (χ3v) is 8.87. The molecule has 0 radical (unpaired) electrons. The third kappa shape index (κ3) is 6.09. The van der Waals surface area contributed by atoms with Gasteiger partial charge in [-0.2, -0.15) is 14.8 Å². The molecule has 242 valence electrons. The van der Waals surface area contributed by atoms with E-state index in [1.165, 1.54) is 10.4 Å². The molecule has 2 N–H and O–H groups in total. The van der Waals surface area contributed by atoms with Gasteiger partial charge in [-0.05, 0) is 37.0 Å². The summed E-state index contributed by atoms with van der Waals surface area (Å²) in [5.41, 5.74) is 2.30. The van der Waals surface area contributed by atoms with Crippen molar-refractivity contribution in [3.63, 3.8) is 0 Å². The number of ether oxygens (including phenoxy) is 3. The second-order valence-corrected chi connectivity index (χ2v) is 11.9. The van der Waals surface area contributed by atoms with Crippen LogP contribution in [0.1, 0.15) is 62.7 Å². The van der Waals surface area contributed by atoms with Gasteiger partial charge in [0.05, 0.1) is 12.9 Å². The van der Waals surface area contributed by atoms with E-state index in [-0.39, 0.29) is 24.4 Å². The number of rotatable bonds is 13. The molecule has 3 aliphatic rings. The summed E-state index contributed by atoms with van der Waals surface area (Å²) in [6.07, 6.45) is 2.91. The van der Waals surface area contributed by atoms with Crippen LogP contribution in [-0.2, 0) is 36.9 Å². The molecule has 1 saturated carbocycles. The second kappa shape index (κ2) is 13.3. The monoisotopic (exact) mass is 631 g/mol.